The minimum Gasteiger partial charge on any atom is -0.490 e. The normalized spacial score (nSPS) is 31.7. The van der Waals surface area contributed by atoms with Gasteiger partial charge in [0, 0.05) is 17.5 Å². The molecule has 4 aliphatic carbocycles. The summed E-state index contributed by atoms with van der Waals surface area (Å²) in [5.74, 6) is 5.88. The first-order valence-electron chi connectivity index (χ1n) is 20.3. The number of rotatable bonds is 13. The lowest BCUT2D eigenvalue weighted by atomic mass is 9.44. The highest BCUT2D eigenvalue weighted by molar-refractivity contribution is 5.91. The summed E-state index contributed by atoms with van der Waals surface area (Å²) >= 11 is 0. The Morgan fingerprint density at radius 2 is 1.52 bits per heavy atom. The molecule has 4 N–H and O–H groups in total. The van der Waals surface area contributed by atoms with Crippen LogP contribution in [0.2, 0.25) is 0 Å². The Morgan fingerprint density at radius 3 is 2.25 bits per heavy atom. The van der Waals surface area contributed by atoms with E-state index in [0.717, 1.165) is 65.6 Å². The first kappa shape index (κ1) is 38.3. The fourth-order valence-corrected chi connectivity index (χ4v) is 11.6. The van der Waals surface area contributed by atoms with Gasteiger partial charge in [0.15, 0.2) is 0 Å². The molecular weight excluding hydrogens is 649 g/mol. The van der Waals surface area contributed by atoms with Gasteiger partial charge in [-0.25, -0.2) is 9.59 Å². The molecule has 1 unspecified atom stereocenters. The van der Waals surface area contributed by atoms with E-state index >= 15 is 0 Å². The first-order valence-corrected chi connectivity index (χ1v) is 20.3. The molecular formula is C45H64N2O5. The van der Waals surface area contributed by atoms with E-state index in [1.807, 2.05) is 24.3 Å². The van der Waals surface area contributed by atoms with Gasteiger partial charge in [0.25, 0.3) is 0 Å². The Kier molecular flexibility index (Phi) is 12.0. The van der Waals surface area contributed by atoms with Crippen LogP contribution in [-0.4, -0.2) is 31.3 Å². The largest absolute Gasteiger partial charge is 0.490 e. The SMILES string of the molecule is CC(C)CCC[C@H](C)[C@@H]1CC[C@H]2[C@@H]3CC[C@@H]4CC(Oc5ccc(/C=C/C(=O)OCCOC(=O)c6cc(N)cc(N)c6)cc5)CC[C@]4(C)[C@H]3CC[C@@]21C. The summed E-state index contributed by atoms with van der Waals surface area (Å²) in [6, 6.07) is 12.5. The van der Waals surface area contributed by atoms with Gasteiger partial charge in [0.2, 0.25) is 0 Å². The lowest BCUT2D eigenvalue weighted by Crippen LogP contribution is -2.54. The zero-order valence-electron chi connectivity index (χ0n) is 32.4. The Labute approximate surface area is 312 Å². The van der Waals surface area contributed by atoms with Crippen molar-refractivity contribution in [1.29, 1.82) is 0 Å². The highest BCUT2D eigenvalue weighted by Crippen LogP contribution is 2.68. The molecule has 4 saturated carbocycles. The first-order chi connectivity index (χ1) is 24.9. The van der Waals surface area contributed by atoms with E-state index < -0.39 is 11.9 Å². The number of anilines is 2. The summed E-state index contributed by atoms with van der Waals surface area (Å²) in [5, 5.41) is 0. The summed E-state index contributed by atoms with van der Waals surface area (Å²) in [6.45, 7) is 12.6. The van der Waals surface area contributed by atoms with E-state index in [1.54, 1.807) is 12.1 Å². The summed E-state index contributed by atoms with van der Waals surface area (Å²) in [5.41, 5.74) is 14.4. The molecule has 2 aromatic rings. The predicted octanol–water partition coefficient (Wildman–Crippen LogP) is 10.1. The van der Waals surface area contributed by atoms with Crippen LogP contribution < -0.4 is 16.2 Å². The van der Waals surface area contributed by atoms with Gasteiger partial charge in [0.05, 0.1) is 11.7 Å². The topological polar surface area (TPSA) is 114 Å². The van der Waals surface area contributed by atoms with E-state index in [2.05, 4.69) is 34.6 Å². The van der Waals surface area contributed by atoms with Gasteiger partial charge in [-0.1, -0.05) is 66.0 Å². The van der Waals surface area contributed by atoms with Gasteiger partial charge in [-0.05, 0) is 152 Å². The monoisotopic (exact) mass is 712 g/mol. The standard InChI is InChI=1S/C45H64N2O5/c1-29(2)7-6-8-30(3)39-16-17-40-38-15-12-33-27-37(19-21-44(33,4)41(38)20-22-45(39,40)5)52-36-13-9-31(10-14-36)11-18-42(48)50-23-24-51-43(49)32-25-34(46)28-35(47)26-32/h9-11,13-14,18,25-26,28-30,33,37-41H,6-8,12,15-17,19-24,27,46-47H2,1-5H3/b18-11+/t30-,33+,37?,38-,39-,40-,41-,44-,45+/m0/s1. The van der Waals surface area contributed by atoms with Gasteiger partial charge >= 0.3 is 11.9 Å². The molecule has 0 saturated heterocycles. The number of nitrogens with two attached hydrogens (primary N) is 2. The van der Waals surface area contributed by atoms with Gasteiger partial charge < -0.3 is 25.7 Å². The van der Waals surface area contributed by atoms with Crippen LogP contribution in [0.1, 0.15) is 128 Å². The third-order valence-corrected chi connectivity index (χ3v) is 14.2. The molecule has 9 atom stereocenters. The molecule has 0 heterocycles. The lowest BCUT2D eigenvalue weighted by molar-refractivity contribution is -0.138. The molecule has 7 nitrogen and oxygen atoms in total. The third kappa shape index (κ3) is 8.50. The van der Waals surface area contributed by atoms with Gasteiger partial charge in [-0.15, -0.1) is 0 Å². The second-order valence-corrected chi connectivity index (χ2v) is 17.8. The van der Waals surface area contributed by atoms with E-state index in [9.17, 15) is 9.59 Å². The second-order valence-electron chi connectivity index (χ2n) is 17.8. The molecule has 0 bridgehead atoms. The maximum atomic E-state index is 12.2. The average molecular weight is 713 g/mol. The van der Waals surface area contributed by atoms with Crippen molar-refractivity contribution in [1.82, 2.24) is 0 Å². The van der Waals surface area contributed by atoms with Crippen LogP contribution in [0.5, 0.6) is 5.75 Å². The summed E-state index contributed by atoms with van der Waals surface area (Å²) in [4.78, 5) is 24.4. The number of benzene rings is 2. The number of hydrogen-bond acceptors (Lipinski definition) is 7. The minimum absolute atomic E-state index is 0.0549. The lowest BCUT2D eigenvalue weighted by Gasteiger charge is -2.61. The van der Waals surface area contributed by atoms with Crippen molar-refractivity contribution in [2.24, 2.45) is 52.3 Å². The van der Waals surface area contributed by atoms with Crippen molar-refractivity contribution in [3.63, 3.8) is 0 Å². The molecule has 0 aliphatic heterocycles. The van der Waals surface area contributed by atoms with Crippen LogP contribution in [0.4, 0.5) is 11.4 Å². The molecule has 0 amide bonds. The average Bonchev–Trinajstić information content (AvgIpc) is 3.46. The van der Waals surface area contributed by atoms with Gasteiger partial charge in [0.1, 0.15) is 19.0 Å². The molecule has 52 heavy (non-hydrogen) atoms. The van der Waals surface area contributed by atoms with E-state index in [4.69, 9.17) is 25.7 Å². The summed E-state index contributed by atoms with van der Waals surface area (Å²) in [7, 11) is 0. The third-order valence-electron chi connectivity index (χ3n) is 14.2. The maximum Gasteiger partial charge on any atom is 0.338 e. The van der Waals surface area contributed by atoms with Crippen LogP contribution in [-0.2, 0) is 14.3 Å². The van der Waals surface area contributed by atoms with Gasteiger partial charge in [-0.3, -0.25) is 0 Å². The van der Waals surface area contributed by atoms with E-state index in [0.29, 0.717) is 22.2 Å². The molecule has 6 rings (SSSR count). The number of ether oxygens (including phenoxy) is 3. The smallest absolute Gasteiger partial charge is 0.338 e. The van der Waals surface area contributed by atoms with Crippen molar-refractivity contribution in [3.05, 3.63) is 59.7 Å². The van der Waals surface area contributed by atoms with Crippen molar-refractivity contribution < 1.29 is 23.8 Å². The Balaban J connectivity index is 0.944. The number of esters is 2. The van der Waals surface area contributed by atoms with Crippen molar-refractivity contribution in [2.45, 2.75) is 118 Å². The fraction of sp³-hybridized carbons (Fsp3) is 0.644. The Bertz CT molecular complexity index is 1550. The van der Waals surface area contributed by atoms with Crippen LogP contribution in [0.15, 0.2) is 48.5 Å². The second kappa shape index (κ2) is 16.3. The molecule has 0 aromatic heterocycles. The van der Waals surface area contributed by atoms with Crippen molar-refractivity contribution in [2.75, 3.05) is 24.7 Å². The zero-order chi connectivity index (χ0) is 37.0. The van der Waals surface area contributed by atoms with Crippen molar-refractivity contribution in [3.8, 4) is 5.75 Å². The molecule has 4 aliphatic rings. The van der Waals surface area contributed by atoms with Crippen LogP contribution in [0.3, 0.4) is 0 Å². The molecule has 0 radical (unpaired) electrons. The molecule has 284 valence electrons. The predicted molar refractivity (Wildman–Crippen MR) is 209 cm³/mol. The van der Waals surface area contributed by atoms with Gasteiger partial charge in [-0.2, -0.15) is 0 Å². The summed E-state index contributed by atoms with van der Waals surface area (Å²) in [6.07, 6.45) is 19.7. The number of carbonyl (C=O) groups is 2. The quantitative estimate of drug-likeness (QED) is 0.0920. The highest BCUT2D eigenvalue weighted by atomic mass is 16.6. The van der Waals surface area contributed by atoms with E-state index in [1.165, 1.54) is 82.4 Å². The van der Waals surface area contributed by atoms with E-state index in [-0.39, 0.29) is 24.9 Å². The zero-order valence-corrected chi connectivity index (χ0v) is 32.4. The number of carbonyl (C=O) groups excluding carboxylic acids is 2. The number of nitrogen functional groups attached to an aromatic ring is 2. The van der Waals surface area contributed by atoms with Crippen LogP contribution >= 0.6 is 0 Å². The minimum atomic E-state index is -0.575. The maximum absolute atomic E-state index is 12.2. The molecule has 4 fully saturated rings. The Morgan fingerprint density at radius 1 is 0.827 bits per heavy atom. The summed E-state index contributed by atoms with van der Waals surface area (Å²) < 4.78 is 16.9. The molecule has 0 spiro atoms. The Hall–Kier alpha value is -3.48. The number of fused-ring (bicyclic) bond motifs is 5. The fourth-order valence-electron chi connectivity index (χ4n) is 11.6. The van der Waals surface area contributed by atoms with Crippen LogP contribution in [0, 0.1) is 52.3 Å². The van der Waals surface area contributed by atoms with Crippen molar-refractivity contribution >= 4 is 29.4 Å². The highest BCUT2D eigenvalue weighted by Gasteiger charge is 2.60. The number of hydrogen-bond donors (Lipinski definition) is 2. The van der Waals surface area contributed by atoms with Crippen LogP contribution in [0.25, 0.3) is 6.08 Å². The molecule has 2 aromatic carbocycles. The molecule has 7 heteroatoms.